The van der Waals surface area contributed by atoms with Crippen molar-refractivity contribution in [3.63, 3.8) is 0 Å². The highest BCUT2D eigenvalue weighted by molar-refractivity contribution is 7.80. The molecule has 8 heteroatoms. The fourth-order valence-corrected chi connectivity index (χ4v) is 3.91. The Balaban J connectivity index is 1.66. The highest BCUT2D eigenvalue weighted by Crippen LogP contribution is 2.35. The molecule has 150 valence electrons. The first-order chi connectivity index (χ1) is 13.8. The average Bonchev–Trinajstić information content (AvgIpc) is 3.16. The third kappa shape index (κ3) is 3.85. The number of thiocarbonyl (C=S) groups is 1. The van der Waals surface area contributed by atoms with E-state index >= 15 is 0 Å². The van der Waals surface area contributed by atoms with Crippen LogP contribution in [-0.4, -0.2) is 21.1 Å². The number of benzene rings is 2. The second-order valence-corrected chi connectivity index (χ2v) is 7.14. The van der Waals surface area contributed by atoms with E-state index in [2.05, 4.69) is 5.32 Å². The van der Waals surface area contributed by atoms with E-state index < -0.39 is 17.8 Å². The molecule has 3 aromatic rings. The number of anilines is 1. The van der Waals surface area contributed by atoms with E-state index in [0.717, 1.165) is 17.8 Å². The van der Waals surface area contributed by atoms with E-state index in [1.165, 1.54) is 18.2 Å². The SMILES string of the molecule is Fc1ccccc1C1c2cccn2CCN1C(=S)Nc1cccc(C(F)(F)F)c1. The predicted molar refractivity (Wildman–Crippen MR) is 107 cm³/mol. The minimum atomic E-state index is -4.44. The van der Waals surface area contributed by atoms with E-state index in [-0.39, 0.29) is 16.6 Å². The summed E-state index contributed by atoms with van der Waals surface area (Å²) in [5.74, 6) is -0.362. The molecule has 0 spiro atoms. The van der Waals surface area contributed by atoms with Gasteiger partial charge in [0.05, 0.1) is 11.6 Å². The second-order valence-electron chi connectivity index (χ2n) is 6.75. The number of nitrogens with one attached hydrogen (secondary N) is 1. The monoisotopic (exact) mass is 419 g/mol. The third-order valence-electron chi connectivity index (χ3n) is 4.94. The Morgan fingerprint density at radius 3 is 2.55 bits per heavy atom. The zero-order valence-corrected chi connectivity index (χ0v) is 16.0. The summed E-state index contributed by atoms with van der Waals surface area (Å²) in [4.78, 5) is 1.81. The standard InChI is InChI=1S/C21H17F4N3S/c22-17-8-2-1-7-16(17)19-18-9-4-10-27(18)11-12-28(19)20(29)26-15-6-3-5-14(13-15)21(23,24)25/h1-10,13,19H,11-12H2,(H,26,29). The Morgan fingerprint density at radius 1 is 1.00 bits per heavy atom. The van der Waals surface area contributed by atoms with E-state index in [4.69, 9.17) is 12.2 Å². The molecule has 1 unspecified atom stereocenters. The van der Waals surface area contributed by atoms with Gasteiger partial charge in [-0.05, 0) is 48.6 Å². The van der Waals surface area contributed by atoms with Crippen LogP contribution in [0, 0.1) is 5.82 Å². The molecule has 0 bridgehead atoms. The summed E-state index contributed by atoms with van der Waals surface area (Å²) >= 11 is 5.52. The summed E-state index contributed by atoms with van der Waals surface area (Å²) in [6.07, 6.45) is -2.52. The van der Waals surface area contributed by atoms with Crippen molar-refractivity contribution in [2.24, 2.45) is 0 Å². The van der Waals surface area contributed by atoms with Crippen molar-refractivity contribution in [3.05, 3.63) is 89.5 Å². The zero-order chi connectivity index (χ0) is 20.6. The van der Waals surface area contributed by atoms with Crippen LogP contribution in [0.5, 0.6) is 0 Å². The Bertz CT molecular complexity index is 1040. The van der Waals surface area contributed by atoms with Gasteiger partial charge in [-0.15, -0.1) is 0 Å². The molecule has 0 saturated carbocycles. The van der Waals surface area contributed by atoms with Crippen molar-refractivity contribution >= 4 is 23.0 Å². The lowest BCUT2D eigenvalue weighted by atomic mass is 10.00. The van der Waals surface area contributed by atoms with Gasteiger partial charge in [-0.1, -0.05) is 24.3 Å². The van der Waals surface area contributed by atoms with Gasteiger partial charge >= 0.3 is 6.18 Å². The molecule has 29 heavy (non-hydrogen) atoms. The lowest BCUT2D eigenvalue weighted by Crippen LogP contribution is -2.44. The van der Waals surface area contributed by atoms with Gasteiger partial charge in [-0.25, -0.2) is 4.39 Å². The van der Waals surface area contributed by atoms with Gasteiger partial charge < -0.3 is 14.8 Å². The Kier molecular flexibility index (Phi) is 5.04. The van der Waals surface area contributed by atoms with Crippen LogP contribution >= 0.6 is 12.2 Å². The van der Waals surface area contributed by atoms with Crippen LogP contribution in [0.3, 0.4) is 0 Å². The fraction of sp³-hybridized carbons (Fsp3) is 0.190. The number of alkyl halides is 3. The molecular weight excluding hydrogens is 402 g/mol. The predicted octanol–water partition coefficient (Wildman–Crippen LogP) is 5.45. The molecule has 1 atom stereocenters. The molecule has 2 aromatic carbocycles. The number of halogens is 4. The van der Waals surface area contributed by atoms with Crippen molar-refractivity contribution in [2.45, 2.75) is 18.8 Å². The Labute approximate surface area is 170 Å². The quantitative estimate of drug-likeness (QED) is 0.441. The molecule has 0 amide bonds. The molecular formula is C21H17F4N3S. The number of fused-ring (bicyclic) bond motifs is 1. The largest absolute Gasteiger partial charge is 0.416 e. The van der Waals surface area contributed by atoms with Crippen molar-refractivity contribution in [3.8, 4) is 0 Å². The molecule has 2 heterocycles. The molecule has 1 aliphatic heterocycles. The van der Waals surface area contributed by atoms with Gasteiger partial charge in [0.15, 0.2) is 5.11 Å². The molecule has 3 nitrogen and oxygen atoms in total. The van der Waals surface area contributed by atoms with Gasteiger partial charge in [0.2, 0.25) is 0 Å². The highest BCUT2D eigenvalue weighted by Gasteiger charge is 2.33. The Hall–Kier alpha value is -2.87. The minimum Gasteiger partial charge on any atom is -0.348 e. The molecule has 1 N–H and O–H groups in total. The Morgan fingerprint density at radius 2 is 1.79 bits per heavy atom. The number of aromatic nitrogens is 1. The lowest BCUT2D eigenvalue weighted by Gasteiger charge is -2.39. The maximum absolute atomic E-state index is 14.6. The summed E-state index contributed by atoms with van der Waals surface area (Å²) in [5.41, 5.74) is 0.802. The maximum atomic E-state index is 14.6. The summed E-state index contributed by atoms with van der Waals surface area (Å²) < 4.78 is 55.6. The van der Waals surface area contributed by atoms with Crippen molar-refractivity contribution < 1.29 is 17.6 Å². The van der Waals surface area contributed by atoms with Crippen LogP contribution in [0.2, 0.25) is 0 Å². The molecule has 0 aliphatic carbocycles. The van der Waals surface area contributed by atoms with E-state index in [1.807, 2.05) is 27.8 Å². The van der Waals surface area contributed by atoms with Crippen LogP contribution in [-0.2, 0) is 12.7 Å². The molecule has 1 aliphatic rings. The summed E-state index contributed by atoms with van der Waals surface area (Å²) in [5, 5.41) is 3.13. The smallest absolute Gasteiger partial charge is 0.348 e. The number of hydrogen-bond donors (Lipinski definition) is 1. The van der Waals surface area contributed by atoms with E-state index in [1.54, 1.807) is 18.2 Å². The van der Waals surface area contributed by atoms with Crippen LogP contribution in [0.1, 0.15) is 22.9 Å². The van der Waals surface area contributed by atoms with Crippen molar-refractivity contribution in [1.29, 1.82) is 0 Å². The van der Waals surface area contributed by atoms with Crippen molar-refractivity contribution in [2.75, 3.05) is 11.9 Å². The molecule has 0 saturated heterocycles. The molecule has 1 aromatic heterocycles. The van der Waals surface area contributed by atoms with Gasteiger partial charge in [-0.2, -0.15) is 13.2 Å². The molecule has 0 fully saturated rings. The van der Waals surface area contributed by atoms with Crippen LogP contribution < -0.4 is 5.32 Å². The number of hydrogen-bond acceptors (Lipinski definition) is 1. The molecule has 4 rings (SSSR count). The van der Waals surface area contributed by atoms with E-state index in [9.17, 15) is 17.6 Å². The summed E-state index contributed by atoms with van der Waals surface area (Å²) in [7, 11) is 0. The summed E-state index contributed by atoms with van der Waals surface area (Å²) in [6.45, 7) is 1.13. The van der Waals surface area contributed by atoms with Crippen LogP contribution in [0.15, 0.2) is 66.9 Å². The number of nitrogens with zero attached hydrogens (tertiary/aromatic N) is 2. The second kappa shape index (κ2) is 7.51. The maximum Gasteiger partial charge on any atom is 0.416 e. The van der Waals surface area contributed by atoms with Crippen molar-refractivity contribution in [1.82, 2.24) is 9.47 Å². The third-order valence-corrected chi connectivity index (χ3v) is 5.28. The van der Waals surface area contributed by atoms with Gasteiger partial charge in [0.25, 0.3) is 0 Å². The topological polar surface area (TPSA) is 20.2 Å². The number of rotatable bonds is 2. The average molecular weight is 419 g/mol. The first-order valence-electron chi connectivity index (χ1n) is 8.99. The lowest BCUT2D eigenvalue weighted by molar-refractivity contribution is -0.137. The van der Waals surface area contributed by atoms with E-state index in [0.29, 0.717) is 18.7 Å². The molecule has 0 radical (unpaired) electrons. The summed E-state index contributed by atoms with van der Waals surface area (Å²) in [6, 6.07) is 14.6. The van der Waals surface area contributed by atoms with Gasteiger partial charge in [0, 0.05) is 36.2 Å². The first-order valence-corrected chi connectivity index (χ1v) is 9.40. The van der Waals surface area contributed by atoms with Gasteiger partial charge in [-0.3, -0.25) is 0 Å². The van der Waals surface area contributed by atoms with Crippen LogP contribution in [0.25, 0.3) is 0 Å². The van der Waals surface area contributed by atoms with Crippen LogP contribution in [0.4, 0.5) is 23.2 Å². The minimum absolute atomic E-state index is 0.234. The first kappa shape index (κ1) is 19.4. The van der Waals surface area contributed by atoms with Gasteiger partial charge in [0.1, 0.15) is 5.82 Å². The fourth-order valence-electron chi connectivity index (χ4n) is 3.59. The highest BCUT2D eigenvalue weighted by atomic mass is 32.1. The normalized spacial score (nSPS) is 16.4. The zero-order valence-electron chi connectivity index (χ0n) is 15.2.